The number of piperidine rings is 1. The summed E-state index contributed by atoms with van der Waals surface area (Å²) in [7, 11) is 0. The zero-order valence-corrected chi connectivity index (χ0v) is 13.2. The second-order valence-electron chi connectivity index (χ2n) is 5.44. The first kappa shape index (κ1) is 16.1. The van der Waals surface area contributed by atoms with Crippen LogP contribution in [0, 0.1) is 0 Å². The number of hydrogen-bond acceptors (Lipinski definition) is 3. The Balaban J connectivity index is 2.04. The van der Waals surface area contributed by atoms with Crippen LogP contribution in [0.1, 0.15) is 31.7 Å². The molecule has 1 unspecified atom stereocenters. The van der Waals surface area contributed by atoms with Gasteiger partial charge in [-0.1, -0.05) is 11.6 Å². The van der Waals surface area contributed by atoms with Gasteiger partial charge in [0.05, 0.1) is 0 Å². The van der Waals surface area contributed by atoms with E-state index in [2.05, 4.69) is 0 Å². The molecule has 1 aromatic rings. The number of nitrogens with zero attached hydrogens (tertiary/aromatic N) is 1. The molecule has 21 heavy (non-hydrogen) atoms. The summed E-state index contributed by atoms with van der Waals surface area (Å²) in [5, 5.41) is 0.654. The molecule has 1 heterocycles. The number of nitrogens with two attached hydrogens (primary N) is 1. The molecule has 1 atom stereocenters. The summed E-state index contributed by atoms with van der Waals surface area (Å²) in [6.07, 6.45) is 3.56. The zero-order valence-electron chi connectivity index (χ0n) is 12.5. The lowest BCUT2D eigenvalue weighted by atomic mass is 10.1. The maximum Gasteiger partial charge on any atom is 0.263 e. The van der Waals surface area contributed by atoms with Gasteiger partial charge in [-0.15, -0.1) is 0 Å². The standard InChI is InChI=1S/C16H23ClN2O2/c1-12(16(20)19-9-3-2-4-10-19)21-15-6-5-14(17)11-13(15)7-8-18/h5-6,11-12H,2-4,7-10,18H2,1H3. The molecule has 1 amide bonds. The van der Waals surface area contributed by atoms with Crippen LogP contribution in [0.3, 0.4) is 0 Å². The Bertz CT molecular complexity index is 487. The van der Waals surface area contributed by atoms with Crippen molar-refractivity contribution in [3.63, 3.8) is 0 Å². The highest BCUT2D eigenvalue weighted by molar-refractivity contribution is 6.30. The fourth-order valence-corrected chi connectivity index (χ4v) is 2.82. The summed E-state index contributed by atoms with van der Waals surface area (Å²) in [6, 6.07) is 5.43. The maximum absolute atomic E-state index is 12.4. The van der Waals surface area contributed by atoms with Crippen LogP contribution in [0.25, 0.3) is 0 Å². The van der Waals surface area contributed by atoms with Gasteiger partial charge in [-0.25, -0.2) is 0 Å². The average Bonchev–Trinajstić information content (AvgIpc) is 2.50. The van der Waals surface area contributed by atoms with Gasteiger partial charge >= 0.3 is 0 Å². The molecule has 4 nitrogen and oxygen atoms in total. The fourth-order valence-electron chi connectivity index (χ4n) is 2.63. The van der Waals surface area contributed by atoms with Crippen molar-refractivity contribution in [2.75, 3.05) is 19.6 Å². The Morgan fingerprint density at radius 2 is 2.10 bits per heavy atom. The molecule has 2 rings (SSSR count). The van der Waals surface area contributed by atoms with E-state index in [1.165, 1.54) is 6.42 Å². The molecule has 0 aliphatic carbocycles. The fraction of sp³-hybridized carbons (Fsp3) is 0.562. The first-order chi connectivity index (χ1) is 10.1. The average molecular weight is 311 g/mol. The summed E-state index contributed by atoms with van der Waals surface area (Å²) in [4.78, 5) is 14.3. The topological polar surface area (TPSA) is 55.6 Å². The van der Waals surface area contributed by atoms with Gasteiger partial charge in [-0.2, -0.15) is 0 Å². The Morgan fingerprint density at radius 3 is 2.76 bits per heavy atom. The summed E-state index contributed by atoms with van der Waals surface area (Å²) in [5.41, 5.74) is 6.56. The minimum Gasteiger partial charge on any atom is -0.481 e. The van der Waals surface area contributed by atoms with Gasteiger partial charge in [0, 0.05) is 18.1 Å². The van der Waals surface area contributed by atoms with Crippen molar-refractivity contribution in [2.24, 2.45) is 5.73 Å². The van der Waals surface area contributed by atoms with Crippen LogP contribution in [0.5, 0.6) is 5.75 Å². The Labute approximate surface area is 131 Å². The summed E-state index contributed by atoms with van der Waals surface area (Å²) in [5.74, 6) is 0.756. The molecule has 0 saturated carbocycles. The van der Waals surface area contributed by atoms with E-state index in [1.807, 2.05) is 17.0 Å². The van der Waals surface area contributed by atoms with Gasteiger partial charge in [-0.05, 0) is 62.9 Å². The van der Waals surface area contributed by atoms with Crippen molar-refractivity contribution >= 4 is 17.5 Å². The number of amides is 1. The van der Waals surface area contributed by atoms with Crippen LogP contribution >= 0.6 is 11.6 Å². The lowest BCUT2D eigenvalue weighted by Crippen LogP contribution is -2.43. The molecule has 0 spiro atoms. The monoisotopic (exact) mass is 310 g/mol. The maximum atomic E-state index is 12.4. The van der Waals surface area contributed by atoms with Crippen LogP contribution in [-0.4, -0.2) is 36.5 Å². The van der Waals surface area contributed by atoms with Crippen molar-refractivity contribution in [1.82, 2.24) is 4.90 Å². The summed E-state index contributed by atoms with van der Waals surface area (Å²) < 4.78 is 5.86. The predicted molar refractivity (Wildman–Crippen MR) is 84.7 cm³/mol. The second-order valence-corrected chi connectivity index (χ2v) is 5.87. The first-order valence-corrected chi connectivity index (χ1v) is 7.93. The number of hydrogen-bond donors (Lipinski definition) is 1. The highest BCUT2D eigenvalue weighted by Gasteiger charge is 2.24. The van der Waals surface area contributed by atoms with Gasteiger partial charge in [-0.3, -0.25) is 4.79 Å². The molecule has 2 N–H and O–H groups in total. The predicted octanol–water partition coefficient (Wildman–Crippen LogP) is 2.62. The number of benzene rings is 1. The van der Waals surface area contributed by atoms with Crippen molar-refractivity contribution in [1.29, 1.82) is 0 Å². The molecule has 1 fully saturated rings. The highest BCUT2D eigenvalue weighted by atomic mass is 35.5. The van der Waals surface area contributed by atoms with Crippen molar-refractivity contribution in [3.8, 4) is 5.75 Å². The van der Waals surface area contributed by atoms with Crippen LogP contribution in [0.2, 0.25) is 5.02 Å². The summed E-state index contributed by atoms with van der Waals surface area (Å²) in [6.45, 7) is 3.99. The number of carbonyl (C=O) groups is 1. The second kappa shape index (κ2) is 7.66. The van der Waals surface area contributed by atoms with E-state index in [4.69, 9.17) is 22.1 Å². The van der Waals surface area contributed by atoms with Crippen LogP contribution < -0.4 is 10.5 Å². The Morgan fingerprint density at radius 1 is 1.38 bits per heavy atom. The number of halogens is 1. The van der Waals surface area contributed by atoms with E-state index >= 15 is 0 Å². The van der Waals surface area contributed by atoms with E-state index in [1.54, 1.807) is 13.0 Å². The van der Waals surface area contributed by atoms with E-state index in [-0.39, 0.29) is 5.91 Å². The lowest BCUT2D eigenvalue weighted by Gasteiger charge is -2.29. The third-order valence-corrected chi connectivity index (χ3v) is 3.99. The van der Waals surface area contributed by atoms with Crippen LogP contribution in [0.4, 0.5) is 0 Å². The van der Waals surface area contributed by atoms with Gasteiger partial charge in [0.1, 0.15) is 5.75 Å². The zero-order chi connectivity index (χ0) is 15.2. The molecular weight excluding hydrogens is 288 g/mol. The summed E-state index contributed by atoms with van der Waals surface area (Å²) >= 11 is 6.00. The van der Waals surface area contributed by atoms with E-state index < -0.39 is 6.10 Å². The smallest absolute Gasteiger partial charge is 0.263 e. The molecule has 1 aromatic carbocycles. The third kappa shape index (κ3) is 4.35. The molecule has 1 aliphatic heterocycles. The first-order valence-electron chi connectivity index (χ1n) is 7.55. The van der Waals surface area contributed by atoms with Gasteiger partial charge in [0.2, 0.25) is 0 Å². The minimum atomic E-state index is -0.485. The van der Waals surface area contributed by atoms with E-state index in [9.17, 15) is 4.79 Å². The lowest BCUT2D eigenvalue weighted by molar-refractivity contribution is -0.138. The quantitative estimate of drug-likeness (QED) is 0.909. The largest absolute Gasteiger partial charge is 0.481 e. The Hall–Kier alpha value is -1.26. The van der Waals surface area contributed by atoms with Crippen molar-refractivity contribution in [2.45, 2.75) is 38.7 Å². The number of likely N-dealkylation sites (tertiary alicyclic amines) is 1. The molecule has 1 aliphatic rings. The number of carbonyl (C=O) groups excluding carboxylic acids is 1. The molecule has 0 radical (unpaired) electrons. The number of ether oxygens (including phenoxy) is 1. The molecular formula is C16H23ClN2O2. The molecule has 116 valence electrons. The van der Waals surface area contributed by atoms with Gasteiger partial charge < -0.3 is 15.4 Å². The SMILES string of the molecule is CC(Oc1ccc(Cl)cc1CCN)C(=O)N1CCCCC1. The van der Waals surface area contributed by atoms with E-state index in [0.717, 1.165) is 31.5 Å². The van der Waals surface area contributed by atoms with Crippen molar-refractivity contribution < 1.29 is 9.53 Å². The van der Waals surface area contributed by atoms with Crippen LogP contribution in [0.15, 0.2) is 18.2 Å². The van der Waals surface area contributed by atoms with Gasteiger partial charge in [0.15, 0.2) is 6.10 Å². The molecule has 5 heteroatoms. The van der Waals surface area contributed by atoms with Crippen LogP contribution in [-0.2, 0) is 11.2 Å². The number of rotatable bonds is 5. The highest BCUT2D eigenvalue weighted by Crippen LogP contribution is 2.25. The molecule has 1 saturated heterocycles. The van der Waals surface area contributed by atoms with E-state index in [0.29, 0.717) is 23.7 Å². The minimum absolute atomic E-state index is 0.0587. The normalized spacial score (nSPS) is 16.6. The third-order valence-electron chi connectivity index (χ3n) is 3.76. The van der Waals surface area contributed by atoms with Gasteiger partial charge in [0.25, 0.3) is 5.91 Å². The molecule has 0 aromatic heterocycles. The van der Waals surface area contributed by atoms with Crippen molar-refractivity contribution in [3.05, 3.63) is 28.8 Å². The molecule has 0 bridgehead atoms. The Kier molecular flexibility index (Phi) is 5.88.